The number of hydrogen-bond acceptors (Lipinski definition) is 3. The number of hydrogen-bond donors (Lipinski definition) is 0. The van der Waals surface area contributed by atoms with E-state index in [9.17, 15) is 9.59 Å². The summed E-state index contributed by atoms with van der Waals surface area (Å²) in [5.74, 6) is 0.0344. The molecule has 0 bridgehead atoms. The van der Waals surface area contributed by atoms with Crippen LogP contribution in [0.5, 0.6) is 0 Å². The minimum atomic E-state index is -0.453. The van der Waals surface area contributed by atoms with Gasteiger partial charge in [0.2, 0.25) is 0 Å². The van der Waals surface area contributed by atoms with Gasteiger partial charge in [0.05, 0.1) is 0 Å². The SMILES string of the molecule is C/C=C/C(=O)OCC(=O)CCC(C)C. The van der Waals surface area contributed by atoms with E-state index in [1.807, 2.05) is 0 Å². The number of ether oxygens (including phenoxy) is 1. The maximum absolute atomic E-state index is 11.2. The largest absolute Gasteiger partial charge is 0.455 e. The molecule has 0 aromatic rings. The maximum atomic E-state index is 11.2. The molecule has 0 aromatic carbocycles. The van der Waals surface area contributed by atoms with E-state index in [0.29, 0.717) is 12.3 Å². The minimum Gasteiger partial charge on any atom is -0.455 e. The fourth-order valence-corrected chi connectivity index (χ4v) is 0.858. The Hall–Kier alpha value is -1.12. The van der Waals surface area contributed by atoms with Crippen molar-refractivity contribution in [3.05, 3.63) is 12.2 Å². The molecule has 0 heterocycles. The van der Waals surface area contributed by atoms with Gasteiger partial charge in [0.25, 0.3) is 0 Å². The zero-order chi connectivity index (χ0) is 11.0. The lowest BCUT2D eigenvalue weighted by atomic mass is 10.1. The Bertz CT molecular complexity index is 217. The van der Waals surface area contributed by atoms with Crippen molar-refractivity contribution in [3.8, 4) is 0 Å². The van der Waals surface area contributed by atoms with Crippen molar-refractivity contribution in [2.75, 3.05) is 6.61 Å². The second-order valence-electron chi connectivity index (χ2n) is 3.58. The molecular formula is C11H18O3. The number of ketones is 1. The zero-order valence-corrected chi connectivity index (χ0v) is 9.08. The summed E-state index contributed by atoms with van der Waals surface area (Å²) in [7, 11) is 0. The van der Waals surface area contributed by atoms with Gasteiger partial charge in [0.15, 0.2) is 5.78 Å². The first-order chi connectivity index (χ1) is 6.56. The van der Waals surface area contributed by atoms with Crippen LogP contribution < -0.4 is 0 Å². The number of carbonyl (C=O) groups is 2. The van der Waals surface area contributed by atoms with Crippen molar-refractivity contribution in [1.82, 2.24) is 0 Å². The highest BCUT2D eigenvalue weighted by atomic mass is 16.5. The number of carbonyl (C=O) groups excluding carboxylic acids is 2. The zero-order valence-electron chi connectivity index (χ0n) is 9.08. The third-order valence-corrected chi connectivity index (χ3v) is 1.68. The molecule has 14 heavy (non-hydrogen) atoms. The average Bonchev–Trinajstić information content (AvgIpc) is 2.12. The van der Waals surface area contributed by atoms with E-state index in [1.54, 1.807) is 13.0 Å². The topological polar surface area (TPSA) is 43.4 Å². The maximum Gasteiger partial charge on any atom is 0.330 e. The highest BCUT2D eigenvalue weighted by molar-refractivity contribution is 5.86. The quantitative estimate of drug-likeness (QED) is 0.485. The van der Waals surface area contributed by atoms with Gasteiger partial charge in [0, 0.05) is 12.5 Å². The van der Waals surface area contributed by atoms with Crippen molar-refractivity contribution >= 4 is 11.8 Å². The van der Waals surface area contributed by atoms with Crippen LogP contribution in [-0.4, -0.2) is 18.4 Å². The van der Waals surface area contributed by atoms with Crippen molar-refractivity contribution in [3.63, 3.8) is 0 Å². The van der Waals surface area contributed by atoms with E-state index >= 15 is 0 Å². The Balaban J connectivity index is 3.59. The molecule has 0 fully saturated rings. The van der Waals surface area contributed by atoms with Gasteiger partial charge in [-0.25, -0.2) is 4.79 Å². The molecule has 3 heteroatoms. The summed E-state index contributed by atoms with van der Waals surface area (Å²) in [4.78, 5) is 22.0. The smallest absolute Gasteiger partial charge is 0.330 e. The lowest BCUT2D eigenvalue weighted by Crippen LogP contribution is -2.12. The molecule has 0 spiro atoms. The van der Waals surface area contributed by atoms with Crippen LogP contribution >= 0.6 is 0 Å². The lowest BCUT2D eigenvalue weighted by Gasteiger charge is -2.03. The van der Waals surface area contributed by atoms with E-state index in [2.05, 4.69) is 13.8 Å². The number of esters is 1. The van der Waals surface area contributed by atoms with Crippen LogP contribution in [0.2, 0.25) is 0 Å². The van der Waals surface area contributed by atoms with Crippen LogP contribution in [0.1, 0.15) is 33.6 Å². The molecule has 0 aliphatic rings. The summed E-state index contributed by atoms with van der Waals surface area (Å²) in [6.07, 6.45) is 4.22. The molecule has 3 nitrogen and oxygen atoms in total. The first-order valence-electron chi connectivity index (χ1n) is 4.87. The van der Waals surface area contributed by atoms with Crippen molar-refractivity contribution in [1.29, 1.82) is 0 Å². The van der Waals surface area contributed by atoms with Gasteiger partial charge in [-0.3, -0.25) is 4.79 Å². The third-order valence-electron chi connectivity index (χ3n) is 1.68. The Morgan fingerprint density at radius 3 is 2.50 bits per heavy atom. The molecule has 0 aromatic heterocycles. The molecule has 0 radical (unpaired) electrons. The molecular weight excluding hydrogens is 180 g/mol. The lowest BCUT2D eigenvalue weighted by molar-refractivity contribution is -0.143. The van der Waals surface area contributed by atoms with Crippen molar-refractivity contribution < 1.29 is 14.3 Å². The fraction of sp³-hybridized carbons (Fsp3) is 0.636. The van der Waals surface area contributed by atoms with Crippen LogP contribution in [0.15, 0.2) is 12.2 Å². The molecule has 0 unspecified atom stereocenters. The molecule has 0 aliphatic carbocycles. The molecule has 0 N–H and O–H groups in total. The summed E-state index contributed by atoms with van der Waals surface area (Å²) < 4.78 is 4.70. The number of Topliss-reactive ketones (excluding diaryl/α,β-unsaturated/α-hetero) is 1. The Morgan fingerprint density at radius 2 is 2.00 bits per heavy atom. The van der Waals surface area contributed by atoms with Crippen molar-refractivity contribution in [2.45, 2.75) is 33.6 Å². The van der Waals surface area contributed by atoms with Gasteiger partial charge in [0.1, 0.15) is 6.61 Å². The second kappa shape index (κ2) is 7.30. The molecule has 0 saturated carbocycles. The van der Waals surface area contributed by atoms with Gasteiger partial charge in [-0.1, -0.05) is 19.9 Å². The van der Waals surface area contributed by atoms with Crippen LogP contribution in [0.3, 0.4) is 0 Å². The molecule has 0 rings (SSSR count). The summed E-state index contributed by atoms with van der Waals surface area (Å²) >= 11 is 0. The summed E-state index contributed by atoms with van der Waals surface area (Å²) in [6.45, 7) is 5.73. The van der Waals surface area contributed by atoms with Gasteiger partial charge in [-0.05, 0) is 19.3 Å². The minimum absolute atomic E-state index is 0.0171. The highest BCUT2D eigenvalue weighted by Gasteiger charge is 2.05. The Labute approximate surface area is 85.1 Å². The van der Waals surface area contributed by atoms with Crippen LogP contribution in [0, 0.1) is 5.92 Å². The normalized spacial score (nSPS) is 10.9. The highest BCUT2D eigenvalue weighted by Crippen LogP contribution is 2.03. The Morgan fingerprint density at radius 1 is 1.36 bits per heavy atom. The fourth-order valence-electron chi connectivity index (χ4n) is 0.858. The molecule has 0 amide bonds. The first kappa shape index (κ1) is 12.9. The van der Waals surface area contributed by atoms with E-state index in [0.717, 1.165) is 6.42 Å². The molecule has 80 valence electrons. The average molecular weight is 198 g/mol. The predicted octanol–water partition coefficient (Wildman–Crippen LogP) is 2.11. The summed E-state index contributed by atoms with van der Waals surface area (Å²) in [6, 6.07) is 0. The van der Waals surface area contributed by atoms with Gasteiger partial charge < -0.3 is 4.74 Å². The summed E-state index contributed by atoms with van der Waals surface area (Å²) in [5.41, 5.74) is 0. The second-order valence-corrected chi connectivity index (χ2v) is 3.58. The van der Waals surface area contributed by atoms with E-state index in [4.69, 9.17) is 4.74 Å². The van der Waals surface area contributed by atoms with Gasteiger partial charge >= 0.3 is 5.97 Å². The molecule has 0 aliphatic heterocycles. The van der Waals surface area contributed by atoms with Crippen LogP contribution in [0.4, 0.5) is 0 Å². The third kappa shape index (κ3) is 7.53. The first-order valence-corrected chi connectivity index (χ1v) is 4.87. The van der Waals surface area contributed by atoms with Crippen LogP contribution in [0.25, 0.3) is 0 Å². The monoisotopic (exact) mass is 198 g/mol. The van der Waals surface area contributed by atoms with Crippen LogP contribution in [-0.2, 0) is 14.3 Å². The van der Waals surface area contributed by atoms with Crippen molar-refractivity contribution in [2.24, 2.45) is 5.92 Å². The van der Waals surface area contributed by atoms with Gasteiger partial charge in [-0.15, -0.1) is 0 Å². The Kier molecular flexibility index (Phi) is 6.72. The summed E-state index contributed by atoms with van der Waals surface area (Å²) in [5, 5.41) is 0. The van der Waals surface area contributed by atoms with E-state index < -0.39 is 5.97 Å². The molecule has 0 saturated heterocycles. The number of allylic oxidation sites excluding steroid dienone is 1. The standard InChI is InChI=1S/C11H18O3/c1-4-5-11(13)14-8-10(12)7-6-9(2)3/h4-5,9H,6-8H2,1-3H3/b5-4+. The predicted molar refractivity (Wildman–Crippen MR) is 54.9 cm³/mol. The van der Waals surface area contributed by atoms with Gasteiger partial charge in [-0.2, -0.15) is 0 Å². The van der Waals surface area contributed by atoms with E-state index in [-0.39, 0.29) is 12.4 Å². The number of rotatable bonds is 6. The molecule has 0 atom stereocenters. The van der Waals surface area contributed by atoms with E-state index in [1.165, 1.54) is 6.08 Å².